The van der Waals surface area contributed by atoms with E-state index in [-0.39, 0.29) is 17.3 Å². The van der Waals surface area contributed by atoms with Crippen LogP contribution in [0.2, 0.25) is 5.02 Å². The number of urea groups is 1. The number of nitrogens with zero attached hydrogens (tertiary/aromatic N) is 5. The molecule has 10 nitrogen and oxygen atoms in total. The van der Waals surface area contributed by atoms with E-state index < -0.39 is 40.5 Å². The molecule has 0 aliphatic rings. The van der Waals surface area contributed by atoms with Crippen molar-refractivity contribution in [1.29, 1.82) is 0 Å². The maximum absolute atomic E-state index is 13.4. The van der Waals surface area contributed by atoms with Crippen LogP contribution < -0.4 is 10.6 Å². The van der Waals surface area contributed by atoms with Crippen LogP contribution in [0.15, 0.2) is 36.9 Å². The molecule has 168 valence electrons. The minimum atomic E-state index is -4.85. The zero-order valence-electron chi connectivity index (χ0n) is 16.5. The summed E-state index contributed by atoms with van der Waals surface area (Å²) < 4.78 is 46.1. The zero-order chi connectivity index (χ0) is 23.5. The van der Waals surface area contributed by atoms with Gasteiger partial charge < -0.3 is 15.4 Å². The molecule has 3 aromatic rings. The van der Waals surface area contributed by atoms with Crippen molar-refractivity contribution in [3.63, 3.8) is 0 Å². The van der Waals surface area contributed by atoms with Crippen molar-refractivity contribution >= 4 is 29.3 Å². The van der Waals surface area contributed by atoms with E-state index in [0.29, 0.717) is 6.07 Å². The van der Waals surface area contributed by atoms with Crippen molar-refractivity contribution in [2.24, 2.45) is 0 Å². The Morgan fingerprint density at radius 2 is 1.88 bits per heavy atom. The molecule has 0 fully saturated rings. The van der Waals surface area contributed by atoms with Crippen LogP contribution in [0.3, 0.4) is 0 Å². The van der Waals surface area contributed by atoms with Crippen LogP contribution in [-0.4, -0.2) is 43.8 Å². The molecule has 2 heterocycles. The summed E-state index contributed by atoms with van der Waals surface area (Å²) in [4.78, 5) is 36.4. The van der Waals surface area contributed by atoms with Crippen LogP contribution in [0.5, 0.6) is 0 Å². The number of hydrogen-bond donors (Lipinski definition) is 2. The molecular formula is C18H15ClF3N7O3. The average Bonchev–Trinajstić information content (AvgIpc) is 3.24. The van der Waals surface area contributed by atoms with Gasteiger partial charge in [0.1, 0.15) is 6.33 Å². The van der Waals surface area contributed by atoms with E-state index in [9.17, 15) is 22.8 Å². The summed E-state index contributed by atoms with van der Waals surface area (Å²) >= 11 is 5.79. The predicted octanol–water partition coefficient (Wildman–Crippen LogP) is 3.40. The third-order valence-corrected chi connectivity index (χ3v) is 4.43. The number of aromatic nitrogens is 5. The molecule has 1 aromatic carbocycles. The van der Waals surface area contributed by atoms with Crippen molar-refractivity contribution in [3.8, 4) is 5.95 Å². The highest BCUT2D eigenvalue weighted by molar-refractivity contribution is 6.33. The second-order valence-electron chi connectivity index (χ2n) is 6.27. The Balaban J connectivity index is 1.85. The van der Waals surface area contributed by atoms with Gasteiger partial charge in [0.15, 0.2) is 5.82 Å². The molecule has 0 spiro atoms. The molecule has 0 radical (unpaired) electrons. The molecular weight excluding hydrogens is 455 g/mol. The number of esters is 1. The summed E-state index contributed by atoms with van der Waals surface area (Å²) in [5.74, 6) is -0.542. The number of carbonyl (C=O) groups is 2. The third-order valence-electron chi connectivity index (χ3n) is 4.12. The van der Waals surface area contributed by atoms with Crippen LogP contribution >= 0.6 is 11.6 Å². The van der Waals surface area contributed by atoms with Gasteiger partial charge in [-0.25, -0.2) is 24.5 Å². The van der Waals surface area contributed by atoms with Gasteiger partial charge in [0, 0.05) is 12.4 Å². The van der Waals surface area contributed by atoms with E-state index in [2.05, 4.69) is 35.4 Å². The van der Waals surface area contributed by atoms with Crippen molar-refractivity contribution in [1.82, 2.24) is 30.0 Å². The van der Waals surface area contributed by atoms with Gasteiger partial charge in [-0.2, -0.15) is 23.0 Å². The number of ether oxygens (including phenoxy) is 1. The maximum Gasteiger partial charge on any atom is 0.418 e. The Morgan fingerprint density at radius 1 is 1.19 bits per heavy atom. The fraction of sp³-hybridized carbons (Fsp3) is 0.222. The van der Waals surface area contributed by atoms with Crippen molar-refractivity contribution < 1.29 is 27.5 Å². The lowest BCUT2D eigenvalue weighted by atomic mass is 10.1. The number of alkyl halides is 3. The molecule has 2 aromatic heterocycles. The zero-order valence-corrected chi connectivity index (χ0v) is 17.3. The lowest BCUT2D eigenvalue weighted by molar-refractivity contribution is -0.136. The lowest BCUT2D eigenvalue weighted by Crippen LogP contribution is -2.33. The quantitative estimate of drug-likeness (QED) is 0.549. The Hall–Kier alpha value is -3.74. The highest BCUT2D eigenvalue weighted by Gasteiger charge is 2.36. The number of halogens is 4. The van der Waals surface area contributed by atoms with Crippen molar-refractivity contribution in [3.05, 3.63) is 58.9 Å². The molecule has 0 saturated carbocycles. The first-order valence-corrected chi connectivity index (χ1v) is 9.23. The van der Waals surface area contributed by atoms with E-state index in [1.165, 1.54) is 30.3 Å². The first-order valence-electron chi connectivity index (χ1n) is 8.85. The molecule has 0 aliphatic carbocycles. The standard InChI is InChI=1S/C18H15ClF3N7O3/c1-9(14-25-8-26-29(14)16-23-4-3-5-24-16)27-17(31)28-13-6-10(15(30)32-2)12(19)7-11(13)18(20,21)22/h3-9H,1-2H3,(H2,27,28,31). The fourth-order valence-electron chi connectivity index (χ4n) is 2.70. The summed E-state index contributed by atoms with van der Waals surface area (Å²) in [5, 5.41) is 8.06. The summed E-state index contributed by atoms with van der Waals surface area (Å²) in [6.45, 7) is 1.54. The van der Waals surface area contributed by atoms with Gasteiger partial charge in [-0.05, 0) is 25.1 Å². The monoisotopic (exact) mass is 469 g/mol. The molecule has 3 rings (SSSR count). The minimum Gasteiger partial charge on any atom is -0.465 e. The van der Waals surface area contributed by atoms with E-state index in [1.54, 1.807) is 6.07 Å². The van der Waals surface area contributed by atoms with Crippen molar-refractivity contribution in [2.75, 3.05) is 12.4 Å². The van der Waals surface area contributed by atoms with E-state index in [0.717, 1.165) is 13.2 Å². The van der Waals surface area contributed by atoms with Gasteiger partial charge in [0.2, 0.25) is 0 Å². The SMILES string of the molecule is COC(=O)c1cc(NC(=O)NC(C)c2ncnn2-c2ncccn2)c(C(F)(F)F)cc1Cl. The highest BCUT2D eigenvalue weighted by atomic mass is 35.5. The van der Waals surface area contributed by atoms with Gasteiger partial charge >= 0.3 is 18.2 Å². The van der Waals surface area contributed by atoms with Gasteiger partial charge in [-0.15, -0.1) is 0 Å². The number of nitrogens with one attached hydrogen (secondary N) is 2. The van der Waals surface area contributed by atoms with Crippen LogP contribution in [-0.2, 0) is 10.9 Å². The summed E-state index contributed by atoms with van der Waals surface area (Å²) in [7, 11) is 1.05. The third kappa shape index (κ3) is 4.94. The largest absolute Gasteiger partial charge is 0.465 e. The molecule has 0 bridgehead atoms. The molecule has 14 heteroatoms. The van der Waals surface area contributed by atoms with Gasteiger partial charge in [0.25, 0.3) is 5.95 Å². The maximum atomic E-state index is 13.4. The Kier molecular flexibility index (Phi) is 6.58. The van der Waals surface area contributed by atoms with Crippen molar-refractivity contribution in [2.45, 2.75) is 19.1 Å². The Morgan fingerprint density at radius 3 is 2.50 bits per heavy atom. The smallest absolute Gasteiger partial charge is 0.418 e. The van der Waals surface area contributed by atoms with E-state index in [1.807, 2.05) is 0 Å². The summed E-state index contributed by atoms with van der Waals surface area (Å²) in [6.07, 6.45) is -0.671. The summed E-state index contributed by atoms with van der Waals surface area (Å²) in [5.41, 5.74) is -2.26. The minimum absolute atomic E-state index is 0.189. The molecule has 0 saturated heterocycles. The number of anilines is 1. The summed E-state index contributed by atoms with van der Waals surface area (Å²) in [6, 6.07) is 1.13. The van der Waals surface area contributed by atoms with Crippen LogP contribution in [0.1, 0.15) is 34.7 Å². The highest BCUT2D eigenvalue weighted by Crippen LogP contribution is 2.38. The predicted molar refractivity (Wildman–Crippen MR) is 105 cm³/mol. The average molecular weight is 470 g/mol. The number of carbonyl (C=O) groups excluding carboxylic acids is 2. The molecule has 2 amide bonds. The normalized spacial score (nSPS) is 12.2. The van der Waals surface area contributed by atoms with Gasteiger partial charge in [-0.1, -0.05) is 11.6 Å². The topological polar surface area (TPSA) is 124 Å². The van der Waals surface area contributed by atoms with Gasteiger partial charge in [0.05, 0.1) is 35.0 Å². The van der Waals surface area contributed by atoms with Gasteiger partial charge in [-0.3, -0.25) is 0 Å². The number of amides is 2. The fourth-order valence-corrected chi connectivity index (χ4v) is 2.94. The van der Waals surface area contributed by atoms with E-state index >= 15 is 0 Å². The number of methoxy groups -OCH3 is 1. The molecule has 2 N–H and O–H groups in total. The first-order chi connectivity index (χ1) is 15.1. The number of rotatable bonds is 5. The molecule has 1 atom stereocenters. The number of benzene rings is 1. The Bertz CT molecular complexity index is 1140. The first kappa shape index (κ1) is 22.9. The Labute approximate surface area is 183 Å². The molecule has 32 heavy (non-hydrogen) atoms. The van der Waals surface area contributed by atoms with Crippen LogP contribution in [0.25, 0.3) is 5.95 Å². The van der Waals surface area contributed by atoms with Crippen LogP contribution in [0.4, 0.5) is 23.7 Å². The lowest BCUT2D eigenvalue weighted by Gasteiger charge is -2.18. The molecule has 1 unspecified atom stereocenters. The second kappa shape index (κ2) is 9.18. The molecule has 0 aliphatic heterocycles. The second-order valence-corrected chi connectivity index (χ2v) is 6.67. The number of hydrogen-bond acceptors (Lipinski definition) is 7. The van der Waals surface area contributed by atoms with Crippen LogP contribution in [0, 0.1) is 0 Å². The van der Waals surface area contributed by atoms with E-state index in [4.69, 9.17) is 11.6 Å².